The Morgan fingerprint density at radius 1 is 0.933 bits per heavy atom. The van der Waals surface area contributed by atoms with E-state index in [1.54, 1.807) is 18.2 Å². The van der Waals surface area contributed by atoms with Crippen LogP contribution in [0.4, 0.5) is 0 Å². The highest BCUT2D eigenvalue weighted by atomic mass is 16.5. The van der Waals surface area contributed by atoms with Crippen LogP contribution in [0.25, 0.3) is 0 Å². The maximum Gasteiger partial charge on any atom is 0.257 e. The molecule has 1 N–H and O–H groups in total. The number of benzene rings is 3. The Morgan fingerprint density at radius 2 is 1.57 bits per heavy atom. The van der Waals surface area contributed by atoms with Crippen molar-refractivity contribution in [3.05, 3.63) is 95.6 Å². The van der Waals surface area contributed by atoms with Gasteiger partial charge in [0.1, 0.15) is 6.29 Å². The van der Waals surface area contributed by atoms with Crippen molar-refractivity contribution in [1.82, 2.24) is 5.32 Å². The Bertz CT molecular complexity index is 918. The Hall–Kier alpha value is -3.60. The van der Waals surface area contributed by atoms with E-state index in [9.17, 15) is 9.59 Å². The number of aldehydes is 1. The predicted molar refractivity (Wildman–Crippen MR) is 116 cm³/mol. The number of ether oxygens (including phenoxy) is 2. The number of hydrogen-bond acceptors (Lipinski definition) is 4. The molecule has 0 radical (unpaired) electrons. The Labute approximate surface area is 176 Å². The highest BCUT2D eigenvalue weighted by Crippen LogP contribution is 2.28. The molecule has 0 fully saturated rings. The molecule has 0 spiro atoms. The molecule has 3 aromatic rings. The van der Waals surface area contributed by atoms with Crippen LogP contribution in [0.2, 0.25) is 0 Å². The summed E-state index contributed by atoms with van der Waals surface area (Å²) in [4.78, 5) is 23.1. The van der Waals surface area contributed by atoms with Gasteiger partial charge in [-0.05, 0) is 35.7 Å². The molecule has 154 valence electrons. The zero-order chi connectivity index (χ0) is 21.2. The highest BCUT2D eigenvalue weighted by Gasteiger charge is 2.14. The van der Waals surface area contributed by atoms with E-state index in [4.69, 9.17) is 9.47 Å². The number of hydrogen-bond donors (Lipinski definition) is 1. The summed E-state index contributed by atoms with van der Waals surface area (Å²) >= 11 is 0. The van der Waals surface area contributed by atoms with Gasteiger partial charge in [0.2, 0.25) is 0 Å². The number of carbonyl (C=O) groups is 2. The third-order valence-electron chi connectivity index (χ3n) is 4.84. The van der Waals surface area contributed by atoms with Gasteiger partial charge >= 0.3 is 0 Å². The van der Waals surface area contributed by atoms with Gasteiger partial charge in [-0.3, -0.25) is 9.59 Å². The molecule has 0 bridgehead atoms. The number of nitrogens with one attached hydrogen (secondary N) is 1. The molecule has 0 atom stereocenters. The normalized spacial score (nSPS) is 10.5. The first-order chi connectivity index (χ1) is 14.7. The summed E-state index contributed by atoms with van der Waals surface area (Å²) in [6.45, 7) is 0.399. The molecule has 5 nitrogen and oxygen atoms in total. The van der Waals surface area contributed by atoms with Crippen molar-refractivity contribution in [1.29, 1.82) is 0 Å². The van der Waals surface area contributed by atoms with Gasteiger partial charge in [0, 0.05) is 18.0 Å². The SMILES string of the molecule is COc1cc(C=O)ccc1OCC(=O)NCCC(c1ccccc1)c1ccccc1. The largest absolute Gasteiger partial charge is 0.493 e. The molecule has 3 aromatic carbocycles. The van der Waals surface area contributed by atoms with Crippen molar-refractivity contribution in [3.63, 3.8) is 0 Å². The highest BCUT2D eigenvalue weighted by molar-refractivity contribution is 5.78. The topological polar surface area (TPSA) is 64.6 Å². The van der Waals surface area contributed by atoms with Crippen LogP contribution in [0, 0.1) is 0 Å². The Balaban J connectivity index is 1.55. The van der Waals surface area contributed by atoms with Crippen LogP contribution in [0.3, 0.4) is 0 Å². The number of methoxy groups -OCH3 is 1. The van der Waals surface area contributed by atoms with E-state index < -0.39 is 0 Å². The number of carbonyl (C=O) groups excluding carboxylic acids is 2. The summed E-state index contributed by atoms with van der Waals surface area (Å²) < 4.78 is 10.8. The lowest BCUT2D eigenvalue weighted by Crippen LogP contribution is -2.30. The second-order valence-electron chi connectivity index (χ2n) is 6.83. The monoisotopic (exact) mass is 403 g/mol. The first-order valence-corrected chi connectivity index (χ1v) is 9.84. The van der Waals surface area contributed by atoms with Crippen LogP contribution in [-0.4, -0.2) is 32.5 Å². The van der Waals surface area contributed by atoms with Crippen molar-refractivity contribution < 1.29 is 19.1 Å². The fourth-order valence-corrected chi connectivity index (χ4v) is 3.32. The summed E-state index contributed by atoms with van der Waals surface area (Å²) in [5, 5.41) is 2.92. The first-order valence-electron chi connectivity index (χ1n) is 9.84. The minimum absolute atomic E-state index is 0.127. The summed E-state index contributed by atoms with van der Waals surface area (Å²) in [5.41, 5.74) is 2.92. The van der Waals surface area contributed by atoms with E-state index in [2.05, 4.69) is 29.6 Å². The van der Waals surface area contributed by atoms with Crippen molar-refractivity contribution in [2.24, 2.45) is 0 Å². The van der Waals surface area contributed by atoms with Crippen molar-refractivity contribution in [3.8, 4) is 11.5 Å². The number of amides is 1. The average Bonchev–Trinajstić information content (AvgIpc) is 2.81. The van der Waals surface area contributed by atoms with E-state index in [-0.39, 0.29) is 18.4 Å². The molecule has 0 unspecified atom stereocenters. The maximum atomic E-state index is 12.3. The molecule has 30 heavy (non-hydrogen) atoms. The van der Waals surface area contributed by atoms with Gasteiger partial charge in [0.15, 0.2) is 18.1 Å². The van der Waals surface area contributed by atoms with Crippen molar-refractivity contribution >= 4 is 12.2 Å². The van der Waals surface area contributed by atoms with Gasteiger partial charge in [-0.15, -0.1) is 0 Å². The molecule has 1 amide bonds. The Kier molecular flexibility index (Phi) is 7.61. The van der Waals surface area contributed by atoms with Crippen molar-refractivity contribution in [2.45, 2.75) is 12.3 Å². The minimum atomic E-state index is -0.212. The van der Waals surface area contributed by atoms with Gasteiger partial charge in [-0.1, -0.05) is 60.7 Å². The fourth-order valence-electron chi connectivity index (χ4n) is 3.32. The van der Waals surface area contributed by atoms with Gasteiger partial charge < -0.3 is 14.8 Å². The van der Waals surface area contributed by atoms with Gasteiger partial charge in [-0.2, -0.15) is 0 Å². The van der Waals surface area contributed by atoms with Crippen LogP contribution in [-0.2, 0) is 4.79 Å². The third-order valence-corrected chi connectivity index (χ3v) is 4.84. The van der Waals surface area contributed by atoms with Crippen LogP contribution in [0.5, 0.6) is 11.5 Å². The molecule has 0 aliphatic rings. The molecule has 0 saturated heterocycles. The maximum absolute atomic E-state index is 12.3. The molecule has 5 heteroatoms. The smallest absolute Gasteiger partial charge is 0.257 e. The second-order valence-corrected chi connectivity index (χ2v) is 6.83. The molecule has 0 heterocycles. The summed E-state index contributed by atoms with van der Waals surface area (Å²) in [6.07, 6.45) is 1.51. The van der Waals surface area contributed by atoms with E-state index in [1.165, 1.54) is 18.2 Å². The fraction of sp³-hybridized carbons (Fsp3) is 0.200. The zero-order valence-corrected chi connectivity index (χ0v) is 16.9. The first kappa shape index (κ1) is 21.1. The third kappa shape index (κ3) is 5.70. The number of rotatable bonds is 10. The van der Waals surface area contributed by atoms with E-state index in [1.807, 2.05) is 36.4 Å². The predicted octanol–water partition coefficient (Wildman–Crippen LogP) is 4.22. The van der Waals surface area contributed by atoms with E-state index in [0.717, 1.165) is 12.7 Å². The molecule has 0 aliphatic carbocycles. The minimum Gasteiger partial charge on any atom is -0.493 e. The summed E-state index contributed by atoms with van der Waals surface area (Å²) in [6, 6.07) is 25.4. The zero-order valence-electron chi connectivity index (χ0n) is 16.9. The van der Waals surface area contributed by atoms with Gasteiger partial charge in [-0.25, -0.2) is 0 Å². The van der Waals surface area contributed by atoms with Crippen LogP contribution < -0.4 is 14.8 Å². The van der Waals surface area contributed by atoms with Crippen LogP contribution >= 0.6 is 0 Å². The standard InChI is InChI=1S/C25H25NO4/c1-29-24-16-19(17-27)12-13-23(24)30-18-25(28)26-15-14-22(20-8-4-2-5-9-20)21-10-6-3-7-11-21/h2-13,16-17,22H,14-15,18H2,1H3,(H,26,28). The summed E-state index contributed by atoms with van der Waals surface area (Å²) in [7, 11) is 1.49. The quantitative estimate of drug-likeness (QED) is 0.515. The van der Waals surface area contributed by atoms with Crippen LogP contribution in [0.15, 0.2) is 78.9 Å². The van der Waals surface area contributed by atoms with E-state index >= 15 is 0 Å². The average molecular weight is 403 g/mol. The molecule has 0 aliphatic heterocycles. The van der Waals surface area contributed by atoms with Crippen molar-refractivity contribution in [2.75, 3.05) is 20.3 Å². The Morgan fingerprint density at radius 3 is 2.13 bits per heavy atom. The summed E-state index contributed by atoms with van der Waals surface area (Å²) in [5.74, 6) is 0.825. The van der Waals surface area contributed by atoms with Gasteiger partial charge in [0.05, 0.1) is 7.11 Å². The van der Waals surface area contributed by atoms with Crippen LogP contribution in [0.1, 0.15) is 33.8 Å². The lowest BCUT2D eigenvalue weighted by molar-refractivity contribution is -0.123. The lowest BCUT2D eigenvalue weighted by Gasteiger charge is -2.18. The second kappa shape index (κ2) is 10.8. The molecule has 0 aromatic heterocycles. The molecular weight excluding hydrogens is 378 g/mol. The van der Waals surface area contributed by atoms with E-state index in [0.29, 0.717) is 23.6 Å². The van der Waals surface area contributed by atoms with Gasteiger partial charge in [0.25, 0.3) is 5.91 Å². The molecule has 0 saturated carbocycles. The molecule has 3 rings (SSSR count). The lowest BCUT2D eigenvalue weighted by atomic mass is 9.88. The molecular formula is C25H25NO4.